The van der Waals surface area contributed by atoms with Gasteiger partial charge in [-0.25, -0.2) is 0 Å². The number of benzene rings is 5. The fourth-order valence-corrected chi connectivity index (χ4v) is 7.05. The lowest BCUT2D eigenvalue weighted by Gasteiger charge is -2.38. The predicted molar refractivity (Wildman–Crippen MR) is 163 cm³/mol. The third-order valence-electron chi connectivity index (χ3n) is 8.32. The van der Waals surface area contributed by atoms with E-state index in [-0.39, 0.29) is 0 Å². The molecule has 37 heavy (non-hydrogen) atoms. The molecule has 0 aromatic heterocycles. The second-order valence-electron chi connectivity index (χ2n) is 10.4. The van der Waals surface area contributed by atoms with Crippen LogP contribution in [-0.2, 0) is 0 Å². The van der Waals surface area contributed by atoms with E-state index in [4.69, 9.17) is 0 Å². The Labute approximate surface area is 235 Å². The van der Waals surface area contributed by atoms with Crippen LogP contribution in [0.2, 0.25) is 0 Å². The average molecular weight is 609 g/mol. The van der Waals surface area contributed by atoms with Crippen molar-refractivity contribution in [2.45, 2.75) is 37.5 Å². The molecule has 0 unspecified atom stereocenters. The van der Waals surface area contributed by atoms with E-state index >= 15 is 0 Å². The minimum atomic E-state index is 0.746. The Morgan fingerprint density at radius 3 is 1.73 bits per heavy atom. The zero-order valence-electron chi connectivity index (χ0n) is 20.5. The molecule has 1 fully saturated rings. The van der Waals surface area contributed by atoms with Crippen molar-refractivity contribution in [2.24, 2.45) is 0 Å². The summed E-state index contributed by atoms with van der Waals surface area (Å²) in [6.07, 6.45) is 5.46. The Hall–Kier alpha value is -2.88. The van der Waals surface area contributed by atoms with Gasteiger partial charge in [-0.1, -0.05) is 80.4 Å². The van der Waals surface area contributed by atoms with E-state index in [1.54, 1.807) is 11.1 Å². The smallest absolute Gasteiger partial charge is 0.0540 e. The molecule has 3 aliphatic rings. The van der Waals surface area contributed by atoms with E-state index < -0.39 is 0 Å². The fourth-order valence-electron chi connectivity index (χ4n) is 6.52. The molecule has 2 bridgehead atoms. The average Bonchev–Trinajstić information content (AvgIpc) is 2.96. The molecule has 0 amide bonds. The molecule has 0 saturated heterocycles. The van der Waals surface area contributed by atoms with Gasteiger partial charge in [-0.05, 0) is 120 Å². The Morgan fingerprint density at radius 1 is 0.541 bits per heavy atom. The van der Waals surface area contributed by atoms with Crippen LogP contribution in [0.3, 0.4) is 0 Å². The summed E-state index contributed by atoms with van der Waals surface area (Å²) in [5.74, 6) is 1.52. The standard InChI is InChI=1S/C34H27Br2N/c35-25-10-14-27(15-11-25)37(28-16-12-26(36)13-17-28)34-20-19-30(31-3-1-2-4-32(31)34)24-9-18-29-22-5-7-23(8-6-22)33(29)21-24/h1-4,9-23H,5-8H2. The van der Waals surface area contributed by atoms with Crippen LogP contribution in [0.15, 0.2) is 112 Å². The maximum absolute atomic E-state index is 3.61. The van der Waals surface area contributed by atoms with Gasteiger partial charge in [0.15, 0.2) is 0 Å². The molecule has 8 rings (SSSR count). The van der Waals surface area contributed by atoms with Gasteiger partial charge in [0.2, 0.25) is 0 Å². The topological polar surface area (TPSA) is 3.24 Å². The molecule has 1 nitrogen and oxygen atoms in total. The van der Waals surface area contributed by atoms with Gasteiger partial charge in [0.25, 0.3) is 0 Å². The molecular formula is C34H27Br2N. The summed E-state index contributed by atoms with van der Waals surface area (Å²) >= 11 is 7.21. The third-order valence-corrected chi connectivity index (χ3v) is 9.37. The molecule has 0 heterocycles. The lowest BCUT2D eigenvalue weighted by molar-refractivity contribution is 0.359. The zero-order chi connectivity index (χ0) is 24.9. The number of fused-ring (bicyclic) bond motifs is 3. The molecular weight excluding hydrogens is 582 g/mol. The first-order valence-electron chi connectivity index (χ1n) is 13.1. The van der Waals surface area contributed by atoms with Crippen LogP contribution in [0, 0.1) is 0 Å². The highest BCUT2D eigenvalue weighted by Gasteiger charge is 2.32. The van der Waals surface area contributed by atoms with E-state index in [1.807, 2.05) is 0 Å². The molecule has 1 saturated carbocycles. The van der Waals surface area contributed by atoms with Gasteiger partial charge in [-0.2, -0.15) is 0 Å². The molecule has 3 heteroatoms. The maximum Gasteiger partial charge on any atom is 0.0540 e. The zero-order valence-corrected chi connectivity index (χ0v) is 23.7. The van der Waals surface area contributed by atoms with E-state index in [9.17, 15) is 0 Å². The number of hydrogen-bond donors (Lipinski definition) is 0. The van der Waals surface area contributed by atoms with Crippen LogP contribution in [-0.4, -0.2) is 0 Å². The molecule has 5 aromatic rings. The van der Waals surface area contributed by atoms with Crippen molar-refractivity contribution in [2.75, 3.05) is 4.90 Å². The van der Waals surface area contributed by atoms with Crippen LogP contribution in [0.25, 0.3) is 21.9 Å². The van der Waals surface area contributed by atoms with E-state index in [0.29, 0.717) is 0 Å². The Morgan fingerprint density at radius 2 is 1.11 bits per heavy atom. The van der Waals surface area contributed by atoms with E-state index in [1.165, 1.54) is 53.3 Å². The summed E-state index contributed by atoms with van der Waals surface area (Å²) in [6, 6.07) is 37.9. The van der Waals surface area contributed by atoms with Crippen LogP contribution in [0.1, 0.15) is 48.6 Å². The van der Waals surface area contributed by atoms with Crippen LogP contribution >= 0.6 is 31.9 Å². The Kier molecular flexibility index (Phi) is 5.94. The normalized spacial score (nSPS) is 18.1. The number of hydrogen-bond acceptors (Lipinski definition) is 1. The minimum absolute atomic E-state index is 0.746. The van der Waals surface area contributed by atoms with Gasteiger partial charge in [-0.15, -0.1) is 0 Å². The summed E-state index contributed by atoms with van der Waals surface area (Å²) in [6.45, 7) is 0. The van der Waals surface area contributed by atoms with Crippen LogP contribution < -0.4 is 4.90 Å². The molecule has 5 aromatic carbocycles. The van der Waals surface area contributed by atoms with Crippen LogP contribution in [0.4, 0.5) is 17.1 Å². The highest BCUT2D eigenvalue weighted by atomic mass is 79.9. The van der Waals surface area contributed by atoms with Crippen molar-refractivity contribution in [3.8, 4) is 11.1 Å². The maximum atomic E-state index is 3.61. The Bertz CT molecular complexity index is 1550. The van der Waals surface area contributed by atoms with Crippen molar-refractivity contribution in [1.82, 2.24) is 0 Å². The quantitative estimate of drug-likeness (QED) is 0.196. The van der Waals surface area contributed by atoms with Crippen molar-refractivity contribution < 1.29 is 0 Å². The second-order valence-corrected chi connectivity index (χ2v) is 12.2. The molecule has 3 aliphatic carbocycles. The summed E-state index contributed by atoms with van der Waals surface area (Å²) in [5.41, 5.74) is 9.33. The van der Waals surface area contributed by atoms with Gasteiger partial charge >= 0.3 is 0 Å². The second kappa shape index (κ2) is 9.45. The van der Waals surface area contributed by atoms with Crippen LogP contribution in [0.5, 0.6) is 0 Å². The summed E-state index contributed by atoms with van der Waals surface area (Å²) in [7, 11) is 0. The van der Waals surface area contributed by atoms with Gasteiger partial charge in [0.1, 0.15) is 0 Å². The number of halogens is 2. The molecule has 0 N–H and O–H groups in total. The van der Waals surface area contributed by atoms with Gasteiger partial charge < -0.3 is 4.90 Å². The highest BCUT2D eigenvalue weighted by molar-refractivity contribution is 9.10. The van der Waals surface area contributed by atoms with Gasteiger partial charge in [0.05, 0.1) is 5.69 Å². The van der Waals surface area contributed by atoms with Crippen molar-refractivity contribution in [3.63, 3.8) is 0 Å². The first-order chi connectivity index (χ1) is 18.2. The fraction of sp³-hybridized carbons (Fsp3) is 0.176. The molecule has 0 atom stereocenters. The predicted octanol–water partition coefficient (Wildman–Crippen LogP) is 11.3. The minimum Gasteiger partial charge on any atom is -0.310 e. The summed E-state index contributed by atoms with van der Waals surface area (Å²) in [4.78, 5) is 2.36. The van der Waals surface area contributed by atoms with Crippen molar-refractivity contribution >= 4 is 59.7 Å². The SMILES string of the molecule is Brc1ccc(N(c2ccc(Br)cc2)c2ccc(-c3ccc4c(c3)C3CCC4CC3)c3ccccc23)cc1. The first kappa shape index (κ1) is 23.3. The number of nitrogens with zero attached hydrogens (tertiary/aromatic N) is 1. The lowest BCUT2D eigenvalue weighted by atomic mass is 9.66. The van der Waals surface area contributed by atoms with Gasteiger partial charge in [-0.3, -0.25) is 0 Å². The number of rotatable bonds is 4. The molecule has 0 radical (unpaired) electrons. The highest BCUT2D eigenvalue weighted by Crippen LogP contribution is 2.50. The lowest BCUT2D eigenvalue weighted by Crippen LogP contribution is -2.21. The van der Waals surface area contributed by atoms with Crippen molar-refractivity contribution in [3.05, 3.63) is 123 Å². The summed E-state index contributed by atoms with van der Waals surface area (Å²) < 4.78 is 2.15. The monoisotopic (exact) mass is 607 g/mol. The third kappa shape index (κ3) is 4.13. The Balaban J connectivity index is 1.40. The number of anilines is 3. The van der Waals surface area contributed by atoms with Gasteiger partial charge in [0, 0.05) is 25.7 Å². The molecule has 0 spiro atoms. The van der Waals surface area contributed by atoms with Crippen molar-refractivity contribution in [1.29, 1.82) is 0 Å². The molecule has 182 valence electrons. The largest absolute Gasteiger partial charge is 0.310 e. The first-order valence-corrected chi connectivity index (χ1v) is 14.7. The summed E-state index contributed by atoms with van der Waals surface area (Å²) in [5, 5.41) is 2.55. The van der Waals surface area contributed by atoms with E-state index in [2.05, 4.69) is 140 Å². The van der Waals surface area contributed by atoms with E-state index in [0.717, 1.165) is 32.2 Å². The molecule has 0 aliphatic heterocycles.